The minimum Gasteiger partial charge on any atom is -0.444 e. The van der Waals surface area contributed by atoms with Gasteiger partial charge in [0.1, 0.15) is 12.6 Å². The van der Waals surface area contributed by atoms with E-state index in [1.54, 1.807) is 18.2 Å². The topological polar surface area (TPSA) is 84.7 Å². The van der Waals surface area contributed by atoms with Gasteiger partial charge in [0.15, 0.2) is 0 Å². The van der Waals surface area contributed by atoms with E-state index in [0.717, 1.165) is 15.6 Å². The van der Waals surface area contributed by atoms with Gasteiger partial charge < -0.3 is 15.8 Å². The lowest BCUT2D eigenvalue weighted by Crippen LogP contribution is -2.45. The molecule has 3 N–H and O–H groups in total. The second-order valence-electron chi connectivity index (χ2n) is 6.98. The van der Waals surface area contributed by atoms with Crippen molar-refractivity contribution in [1.82, 2.24) is 0 Å². The fraction of sp³-hybridized carbons (Fsp3) is 0.130. The van der Waals surface area contributed by atoms with Crippen LogP contribution in [0.15, 0.2) is 77.3 Å². The summed E-state index contributed by atoms with van der Waals surface area (Å²) in [5, 5.41) is 2.84. The van der Waals surface area contributed by atoms with Crippen LogP contribution in [0.25, 0.3) is 0 Å². The van der Waals surface area contributed by atoms with Crippen LogP contribution < -0.4 is 16.0 Å². The first-order valence-electron chi connectivity index (χ1n) is 9.46. The van der Waals surface area contributed by atoms with Gasteiger partial charge in [-0.2, -0.15) is 0 Å². The largest absolute Gasteiger partial charge is 0.444 e. The number of nitrogens with two attached hydrogens (primary N) is 1. The summed E-state index contributed by atoms with van der Waals surface area (Å²) in [5.41, 5.74) is 9.39. The molecule has 30 heavy (non-hydrogen) atoms. The van der Waals surface area contributed by atoms with E-state index >= 15 is 0 Å². The molecule has 0 aliphatic carbocycles. The number of rotatable bonds is 4. The number of carbonyl (C=O) groups is 2. The summed E-state index contributed by atoms with van der Waals surface area (Å²) in [7, 11) is 0. The van der Waals surface area contributed by atoms with Crippen LogP contribution in [0.2, 0.25) is 0 Å². The number of amides is 2. The Labute approximate surface area is 182 Å². The quantitative estimate of drug-likeness (QED) is 0.545. The summed E-state index contributed by atoms with van der Waals surface area (Å²) in [6.07, 6.45) is -0.165. The summed E-state index contributed by atoms with van der Waals surface area (Å²) in [6.45, 7) is 0.130. The van der Waals surface area contributed by atoms with Crippen LogP contribution in [0.3, 0.4) is 0 Å². The maximum Gasteiger partial charge on any atom is 0.415 e. The Kier molecular flexibility index (Phi) is 5.72. The summed E-state index contributed by atoms with van der Waals surface area (Å²) in [6, 6.07) is 21.4. The highest BCUT2D eigenvalue weighted by molar-refractivity contribution is 9.10. The molecule has 7 heteroatoms. The first kappa shape index (κ1) is 20.0. The molecule has 152 valence electrons. The third-order valence-corrected chi connectivity index (χ3v) is 5.45. The number of anilines is 3. The average molecular weight is 466 g/mol. The Morgan fingerprint density at radius 1 is 1.07 bits per heavy atom. The number of benzene rings is 3. The summed E-state index contributed by atoms with van der Waals surface area (Å²) in [4.78, 5) is 27.5. The average Bonchev–Trinajstić information content (AvgIpc) is 3.15. The molecule has 3 aromatic carbocycles. The molecule has 6 nitrogen and oxygen atoms in total. The van der Waals surface area contributed by atoms with Crippen molar-refractivity contribution in [2.24, 2.45) is 0 Å². The number of carbonyl (C=O) groups excluding carboxylic acids is 2. The number of nitrogens with zero attached hydrogens (tertiary/aromatic N) is 1. The van der Waals surface area contributed by atoms with Crippen LogP contribution >= 0.6 is 15.9 Å². The maximum atomic E-state index is 13.1. The molecule has 1 atom stereocenters. The number of para-hydroxylation sites is 1. The van der Waals surface area contributed by atoms with Gasteiger partial charge in [0.25, 0.3) is 0 Å². The van der Waals surface area contributed by atoms with Gasteiger partial charge in [-0.15, -0.1) is 0 Å². The second-order valence-corrected chi connectivity index (χ2v) is 7.90. The van der Waals surface area contributed by atoms with Crippen LogP contribution in [0.5, 0.6) is 0 Å². The Morgan fingerprint density at radius 2 is 1.80 bits per heavy atom. The van der Waals surface area contributed by atoms with E-state index in [9.17, 15) is 9.59 Å². The molecule has 4 rings (SSSR count). The molecule has 0 aromatic heterocycles. The van der Waals surface area contributed by atoms with Crippen LogP contribution in [0.1, 0.15) is 11.1 Å². The molecule has 2 amide bonds. The number of halogens is 1. The minimum atomic E-state index is -0.732. The molecule has 3 aromatic rings. The number of fused-ring (bicyclic) bond motifs is 1. The van der Waals surface area contributed by atoms with Crippen molar-refractivity contribution in [3.63, 3.8) is 0 Å². The van der Waals surface area contributed by atoms with Gasteiger partial charge in [-0.1, -0.05) is 64.5 Å². The van der Waals surface area contributed by atoms with Gasteiger partial charge in [-0.3, -0.25) is 9.69 Å². The predicted molar refractivity (Wildman–Crippen MR) is 120 cm³/mol. The zero-order chi connectivity index (χ0) is 21.1. The molecular formula is C23H20BrN3O3. The van der Waals surface area contributed by atoms with Gasteiger partial charge in [-0.25, -0.2) is 4.79 Å². The zero-order valence-electron chi connectivity index (χ0n) is 16.0. The van der Waals surface area contributed by atoms with E-state index in [4.69, 9.17) is 10.5 Å². The van der Waals surface area contributed by atoms with Crippen LogP contribution in [0, 0.1) is 0 Å². The molecule has 0 spiro atoms. The summed E-state index contributed by atoms with van der Waals surface area (Å²) < 4.78 is 6.31. The lowest BCUT2D eigenvalue weighted by molar-refractivity contribution is -0.117. The third kappa shape index (κ3) is 4.16. The number of ether oxygens (including phenoxy) is 1. The van der Waals surface area contributed by atoms with Crippen LogP contribution in [-0.4, -0.2) is 18.0 Å². The Hall–Kier alpha value is -3.32. The van der Waals surface area contributed by atoms with Gasteiger partial charge >= 0.3 is 6.09 Å². The highest BCUT2D eigenvalue weighted by Gasteiger charge is 2.39. The molecule has 0 bridgehead atoms. The number of hydrogen-bond donors (Lipinski definition) is 2. The van der Waals surface area contributed by atoms with Crippen molar-refractivity contribution in [2.75, 3.05) is 16.0 Å². The standard InChI is InChI=1S/C23H20BrN3O3/c24-17-10-11-18(25)19(13-17)26-22(28)21-12-16-8-4-5-9-20(16)27(21)23(29)30-14-15-6-2-1-3-7-15/h1-11,13,21H,12,14,25H2,(H,26,28)/t21-/m0/s1. The normalized spacial score (nSPS) is 14.8. The first-order valence-corrected chi connectivity index (χ1v) is 10.3. The van der Waals surface area contributed by atoms with Crippen molar-refractivity contribution in [3.05, 3.63) is 88.4 Å². The van der Waals surface area contributed by atoms with Crippen molar-refractivity contribution in [1.29, 1.82) is 0 Å². The van der Waals surface area contributed by atoms with E-state index in [1.165, 1.54) is 4.90 Å². The lowest BCUT2D eigenvalue weighted by atomic mass is 10.1. The molecular weight excluding hydrogens is 446 g/mol. The Balaban J connectivity index is 1.56. The van der Waals surface area contributed by atoms with Crippen LogP contribution in [-0.2, 0) is 22.6 Å². The SMILES string of the molecule is Nc1ccc(Br)cc1NC(=O)[C@@H]1Cc2ccccc2N1C(=O)OCc1ccccc1. The van der Waals surface area contributed by atoms with Gasteiger partial charge in [0.05, 0.1) is 17.1 Å². The second kappa shape index (κ2) is 8.59. The van der Waals surface area contributed by atoms with E-state index < -0.39 is 12.1 Å². The van der Waals surface area contributed by atoms with E-state index in [-0.39, 0.29) is 12.5 Å². The zero-order valence-corrected chi connectivity index (χ0v) is 17.6. The highest BCUT2D eigenvalue weighted by Crippen LogP contribution is 2.34. The summed E-state index contributed by atoms with van der Waals surface area (Å²) in [5.74, 6) is -0.326. The molecule has 1 aliphatic rings. The summed E-state index contributed by atoms with van der Waals surface area (Å²) >= 11 is 3.38. The third-order valence-electron chi connectivity index (χ3n) is 4.95. The lowest BCUT2D eigenvalue weighted by Gasteiger charge is -2.24. The first-order chi connectivity index (χ1) is 14.5. The Morgan fingerprint density at radius 3 is 2.60 bits per heavy atom. The number of nitrogen functional groups attached to an aromatic ring is 1. The van der Waals surface area contributed by atoms with Gasteiger partial charge in [0, 0.05) is 10.9 Å². The smallest absolute Gasteiger partial charge is 0.415 e. The number of hydrogen-bond acceptors (Lipinski definition) is 4. The fourth-order valence-electron chi connectivity index (χ4n) is 3.46. The molecule has 0 saturated carbocycles. The van der Waals surface area contributed by atoms with Crippen molar-refractivity contribution >= 4 is 45.0 Å². The predicted octanol–water partition coefficient (Wildman–Crippen LogP) is 4.74. The van der Waals surface area contributed by atoms with Crippen LogP contribution in [0.4, 0.5) is 21.9 Å². The van der Waals surface area contributed by atoms with Crippen molar-refractivity contribution < 1.29 is 14.3 Å². The molecule has 0 unspecified atom stereocenters. The number of nitrogens with one attached hydrogen (secondary N) is 1. The molecule has 0 fully saturated rings. The molecule has 1 heterocycles. The van der Waals surface area contributed by atoms with E-state index in [1.807, 2.05) is 54.6 Å². The Bertz CT molecular complexity index is 1090. The maximum absolute atomic E-state index is 13.1. The molecule has 1 aliphatic heterocycles. The molecule has 0 radical (unpaired) electrons. The monoisotopic (exact) mass is 465 g/mol. The van der Waals surface area contributed by atoms with Crippen molar-refractivity contribution in [2.45, 2.75) is 19.1 Å². The van der Waals surface area contributed by atoms with Gasteiger partial charge in [0.2, 0.25) is 5.91 Å². The molecule has 0 saturated heterocycles. The fourth-order valence-corrected chi connectivity index (χ4v) is 3.82. The van der Waals surface area contributed by atoms with E-state index in [2.05, 4.69) is 21.2 Å². The van der Waals surface area contributed by atoms with Crippen molar-refractivity contribution in [3.8, 4) is 0 Å². The minimum absolute atomic E-state index is 0.130. The van der Waals surface area contributed by atoms with Gasteiger partial charge in [-0.05, 0) is 35.4 Å². The van der Waals surface area contributed by atoms with E-state index in [0.29, 0.717) is 23.5 Å². The highest BCUT2D eigenvalue weighted by atomic mass is 79.9.